The lowest BCUT2D eigenvalue weighted by molar-refractivity contribution is -0.0000188. The monoisotopic (exact) mass is 184 g/mol. The summed E-state index contributed by atoms with van der Waals surface area (Å²) in [6.45, 7) is 3.81. The summed E-state index contributed by atoms with van der Waals surface area (Å²) in [5.41, 5.74) is 5.39. The minimum atomic E-state index is 0.727. The zero-order valence-corrected chi connectivity index (χ0v) is 8.24. The highest BCUT2D eigenvalue weighted by atomic mass is 16.5. The predicted molar refractivity (Wildman–Crippen MR) is 52.6 cm³/mol. The molecule has 1 unspecified atom stereocenters. The van der Waals surface area contributed by atoms with Crippen LogP contribution in [0.25, 0.3) is 0 Å². The molecule has 1 saturated carbocycles. The molecule has 13 heavy (non-hydrogen) atoms. The van der Waals surface area contributed by atoms with Crippen molar-refractivity contribution >= 4 is 0 Å². The van der Waals surface area contributed by atoms with Crippen LogP contribution in [0.1, 0.15) is 25.7 Å². The molecule has 0 aromatic rings. The maximum atomic E-state index is 5.56. The molecular formula is C10H20N2O. The highest BCUT2D eigenvalue weighted by Gasteiger charge is 2.39. The third kappa shape index (κ3) is 2.42. The molecule has 0 amide bonds. The smallest absolute Gasteiger partial charge is 0.0622 e. The lowest BCUT2D eigenvalue weighted by Gasteiger charge is -2.41. The minimum Gasteiger partial charge on any atom is -0.380 e. The number of likely N-dealkylation sites (tertiary alicyclic amines) is 1. The Morgan fingerprint density at radius 3 is 2.69 bits per heavy atom. The molecule has 0 spiro atoms. The topological polar surface area (TPSA) is 38.5 Å². The van der Waals surface area contributed by atoms with Crippen LogP contribution < -0.4 is 5.73 Å². The summed E-state index contributed by atoms with van der Waals surface area (Å²) < 4.78 is 5.56. The van der Waals surface area contributed by atoms with Crippen molar-refractivity contribution in [3.8, 4) is 0 Å². The van der Waals surface area contributed by atoms with E-state index in [-0.39, 0.29) is 0 Å². The molecule has 1 atom stereocenters. The quantitative estimate of drug-likeness (QED) is 0.614. The summed E-state index contributed by atoms with van der Waals surface area (Å²) in [4.78, 5) is 2.60. The van der Waals surface area contributed by atoms with Gasteiger partial charge in [-0.1, -0.05) is 0 Å². The fourth-order valence-electron chi connectivity index (χ4n) is 1.93. The van der Waals surface area contributed by atoms with E-state index in [4.69, 9.17) is 10.5 Å². The summed E-state index contributed by atoms with van der Waals surface area (Å²) in [5, 5.41) is 0. The van der Waals surface area contributed by atoms with Crippen LogP contribution in [0.4, 0.5) is 0 Å². The Morgan fingerprint density at radius 1 is 1.31 bits per heavy atom. The molecule has 1 saturated heterocycles. The van der Waals surface area contributed by atoms with E-state index < -0.39 is 0 Å². The van der Waals surface area contributed by atoms with Crippen LogP contribution in [0.5, 0.6) is 0 Å². The first kappa shape index (κ1) is 9.44. The van der Waals surface area contributed by atoms with Crippen LogP contribution in [0.15, 0.2) is 0 Å². The molecule has 0 bridgehead atoms. The largest absolute Gasteiger partial charge is 0.380 e. The van der Waals surface area contributed by atoms with Crippen molar-refractivity contribution in [2.24, 2.45) is 5.73 Å². The zero-order chi connectivity index (χ0) is 9.10. The summed E-state index contributed by atoms with van der Waals surface area (Å²) in [6, 6.07) is 1.64. The Labute approximate surface area is 80.2 Å². The number of nitrogens with two attached hydrogens (primary N) is 1. The van der Waals surface area contributed by atoms with Crippen molar-refractivity contribution in [2.75, 3.05) is 26.3 Å². The van der Waals surface area contributed by atoms with E-state index in [1.807, 2.05) is 0 Å². The predicted octanol–water partition coefficient (Wildman–Crippen LogP) is 0.589. The van der Waals surface area contributed by atoms with Crippen molar-refractivity contribution in [3.63, 3.8) is 0 Å². The normalized spacial score (nSPS) is 28.8. The molecule has 2 fully saturated rings. The van der Waals surface area contributed by atoms with Crippen LogP contribution in [0.2, 0.25) is 0 Å². The molecule has 2 N–H and O–H groups in total. The van der Waals surface area contributed by atoms with Crippen LogP contribution in [-0.4, -0.2) is 43.3 Å². The number of ether oxygens (including phenoxy) is 1. The third-order valence-corrected chi connectivity index (χ3v) is 3.01. The fraction of sp³-hybridized carbons (Fsp3) is 1.00. The van der Waals surface area contributed by atoms with Gasteiger partial charge in [-0.15, -0.1) is 0 Å². The highest BCUT2D eigenvalue weighted by Crippen LogP contribution is 2.34. The lowest BCUT2D eigenvalue weighted by Crippen LogP contribution is -2.51. The first-order valence-electron chi connectivity index (χ1n) is 5.45. The minimum absolute atomic E-state index is 0.727. The van der Waals surface area contributed by atoms with E-state index in [0.717, 1.165) is 38.3 Å². The number of hydrogen-bond donors (Lipinski definition) is 1. The first-order chi connectivity index (χ1) is 6.42. The molecule has 0 aromatic heterocycles. The Bertz CT molecular complexity index is 159. The van der Waals surface area contributed by atoms with E-state index in [0.29, 0.717) is 0 Å². The molecule has 1 heterocycles. The Balaban J connectivity index is 1.54. The van der Waals surface area contributed by atoms with Crippen molar-refractivity contribution in [2.45, 2.75) is 37.8 Å². The maximum Gasteiger partial charge on any atom is 0.0622 e. The number of nitrogens with zero attached hydrogens (tertiary/aromatic N) is 1. The Morgan fingerprint density at radius 2 is 2.15 bits per heavy atom. The Hall–Kier alpha value is -0.120. The van der Waals surface area contributed by atoms with Gasteiger partial charge in [-0.2, -0.15) is 0 Å². The van der Waals surface area contributed by atoms with Gasteiger partial charge in [-0.05, 0) is 32.2 Å². The molecule has 1 aliphatic carbocycles. The van der Waals surface area contributed by atoms with Crippen molar-refractivity contribution < 1.29 is 4.74 Å². The average Bonchev–Trinajstić information content (AvgIpc) is 2.86. The van der Waals surface area contributed by atoms with Gasteiger partial charge in [0.15, 0.2) is 0 Å². The summed E-state index contributed by atoms with van der Waals surface area (Å²) in [6.07, 6.45) is 5.16. The SMILES string of the molecule is NCCCOCC1CCN1C1CC1. The van der Waals surface area contributed by atoms with E-state index in [1.54, 1.807) is 0 Å². The van der Waals surface area contributed by atoms with Gasteiger partial charge in [-0.25, -0.2) is 0 Å². The third-order valence-electron chi connectivity index (χ3n) is 3.01. The first-order valence-corrected chi connectivity index (χ1v) is 5.45. The van der Waals surface area contributed by atoms with Gasteiger partial charge >= 0.3 is 0 Å². The van der Waals surface area contributed by atoms with Gasteiger partial charge in [0, 0.05) is 25.2 Å². The van der Waals surface area contributed by atoms with E-state index >= 15 is 0 Å². The van der Waals surface area contributed by atoms with Crippen molar-refractivity contribution in [1.29, 1.82) is 0 Å². The fourth-order valence-corrected chi connectivity index (χ4v) is 1.93. The van der Waals surface area contributed by atoms with Gasteiger partial charge < -0.3 is 10.5 Å². The van der Waals surface area contributed by atoms with Gasteiger partial charge in [0.05, 0.1) is 6.61 Å². The van der Waals surface area contributed by atoms with Gasteiger partial charge in [0.2, 0.25) is 0 Å². The molecule has 2 rings (SSSR count). The molecule has 0 aromatic carbocycles. The van der Waals surface area contributed by atoms with Crippen LogP contribution in [0.3, 0.4) is 0 Å². The zero-order valence-electron chi connectivity index (χ0n) is 8.24. The van der Waals surface area contributed by atoms with Crippen molar-refractivity contribution in [3.05, 3.63) is 0 Å². The molecule has 3 nitrogen and oxygen atoms in total. The second-order valence-electron chi connectivity index (χ2n) is 4.13. The van der Waals surface area contributed by atoms with E-state index in [2.05, 4.69) is 4.90 Å². The number of hydrogen-bond acceptors (Lipinski definition) is 3. The highest BCUT2D eigenvalue weighted by molar-refractivity contribution is 4.94. The Kier molecular flexibility index (Phi) is 3.19. The molecule has 1 aliphatic heterocycles. The van der Waals surface area contributed by atoms with Crippen LogP contribution in [0, 0.1) is 0 Å². The van der Waals surface area contributed by atoms with E-state index in [1.165, 1.54) is 25.8 Å². The maximum absolute atomic E-state index is 5.56. The second kappa shape index (κ2) is 4.40. The molecule has 3 heteroatoms. The van der Waals surface area contributed by atoms with Crippen LogP contribution >= 0.6 is 0 Å². The molecule has 2 aliphatic rings. The molecule has 76 valence electrons. The average molecular weight is 184 g/mol. The van der Waals surface area contributed by atoms with Gasteiger partial charge in [-0.3, -0.25) is 4.90 Å². The number of rotatable bonds is 6. The van der Waals surface area contributed by atoms with E-state index in [9.17, 15) is 0 Å². The summed E-state index contributed by atoms with van der Waals surface area (Å²) in [7, 11) is 0. The standard InChI is InChI=1S/C10H20N2O/c11-5-1-7-13-8-10-4-6-12(10)9-2-3-9/h9-10H,1-8,11H2. The summed E-state index contributed by atoms with van der Waals surface area (Å²) >= 11 is 0. The lowest BCUT2D eigenvalue weighted by atomic mass is 10.0. The van der Waals surface area contributed by atoms with Gasteiger partial charge in [0.25, 0.3) is 0 Å². The molecule has 0 radical (unpaired) electrons. The second-order valence-corrected chi connectivity index (χ2v) is 4.13. The summed E-state index contributed by atoms with van der Waals surface area (Å²) in [5.74, 6) is 0. The van der Waals surface area contributed by atoms with Crippen molar-refractivity contribution in [1.82, 2.24) is 4.90 Å². The van der Waals surface area contributed by atoms with Gasteiger partial charge in [0.1, 0.15) is 0 Å². The molecular weight excluding hydrogens is 164 g/mol. The van der Waals surface area contributed by atoms with Crippen LogP contribution in [-0.2, 0) is 4.74 Å².